The van der Waals surface area contributed by atoms with Crippen molar-refractivity contribution in [1.29, 1.82) is 0 Å². The van der Waals surface area contributed by atoms with E-state index in [-0.39, 0.29) is 5.78 Å². The minimum Gasteiger partial charge on any atom is -0.497 e. The fourth-order valence-corrected chi connectivity index (χ4v) is 5.43. The van der Waals surface area contributed by atoms with Crippen LogP contribution in [0, 0.1) is 0 Å². The molecule has 5 rings (SSSR count). The van der Waals surface area contributed by atoms with Crippen molar-refractivity contribution in [3.05, 3.63) is 108 Å². The Morgan fingerprint density at radius 2 is 1.56 bits per heavy atom. The number of thiophene rings is 1. The molecule has 0 aliphatic carbocycles. The van der Waals surface area contributed by atoms with Crippen LogP contribution in [-0.2, 0) is 6.61 Å². The topological polar surface area (TPSA) is 44.8 Å². The predicted molar refractivity (Wildman–Crippen MR) is 148 cm³/mol. The second-order valence-electron chi connectivity index (χ2n) is 8.18. The van der Waals surface area contributed by atoms with E-state index in [1.54, 1.807) is 25.6 Å². The first-order chi connectivity index (χ1) is 17.6. The third-order valence-electron chi connectivity index (χ3n) is 5.93. The van der Waals surface area contributed by atoms with Crippen molar-refractivity contribution < 1.29 is 19.0 Å². The van der Waals surface area contributed by atoms with Gasteiger partial charge in [-0.2, -0.15) is 0 Å². The summed E-state index contributed by atoms with van der Waals surface area (Å²) in [7, 11) is 3.24. The SMILES string of the molecule is COc1ccc(-c2sc3ccccc3c2C(=O)c2ccc(OCc3ccc(S)cc3)cc2)c(OC)c1. The molecule has 0 saturated carbocycles. The number of hydrogen-bond acceptors (Lipinski definition) is 6. The molecular weight excluding hydrogens is 488 g/mol. The van der Waals surface area contributed by atoms with E-state index in [1.165, 1.54) is 0 Å². The van der Waals surface area contributed by atoms with Crippen LogP contribution in [0.1, 0.15) is 21.5 Å². The minimum atomic E-state index is -0.0451. The molecule has 0 bridgehead atoms. The highest BCUT2D eigenvalue weighted by atomic mass is 32.1. The molecule has 0 unspecified atom stereocenters. The van der Waals surface area contributed by atoms with Crippen LogP contribution < -0.4 is 14.2 Å². The summed E-state index contributed by atoms with van der Waals surface area (Å²) in [6.45, 7) is 0.442. The lowest BCUT2D eigenvalue weighted by Gasteiger charge is -2.11. The fourth-order valence-electron chi connectivity index (χ4n) is 4.05. The van der Waals surface area contributed by atoms with Crippen LogP contribution in [-0.4, -0.2) is 20.0 Å². The first kappa shape index (κ1) is 24.0. The molecule has 1 aromatic heterocycles. The van der Waals surface area contributed by atoms with Gasteiger partial charge in [0, 0.05) is 37.7 Å². The summed E-state index contributed by atoms with van der Waals surface area (Å²) < 4.78 is 18.0. The van der Waals surface area contributed by atoms with Gasteiger partial charge in [0.15, 0.2) is 5.78 Å². The largest absolute Gasteiger partial charge is 0.497 e. The van der Waals surface area contributed by atoms with Crippen molar-refractivity contribution in [2.75, 3.05) is 14.2 Å². The van der Waals surface area contributed by atoms with Gasteiger partial charge in [0.1, 0.15) is 23.9 Å². The highest BCUT2D eigenvalue weighted by Crippen LogP contribution is 2.44. The highest BCUT2D eigenvalue weighted by Gasteiger charge is 2.23. The first-order valence-corrected chi connectivity index (χ1v) is 12.6. The van der Waals surface area contributed by atoms with Crippen molar-refractivity contribution in [3.8, 4) is 27.7 Å². The van der Waals surface area contributed by atoms with Crippen molar-refractivity contribution in [1.82, 2.24) is 0 Å². The van der Waals surface area contributed by atoms with Gasteiger partial charge in [-0.15, -0.1) is 24.0 Å². The number of ether oxygens (including phenoxy) is 3. The maximum Gasteiger partial charge on any atom is 0.195 e. The molecule has 0 radical (unpaired) electrons. The Balaban J connectivity index is 1.48. The number of benzene rings is 4. The van der Waals surface area contributed by atoms with E-state index in [4.69, 9.17) is 14.2 Å². The Kier molecular flexibility index (Phi) is 6.98. The summed E-state index contributed by atoms with van der Waals surface area (Å²) in [6.07, 6.45) is 0. The average Bonchev–Trinajstić information content (AvgIpc) is 3.31. The van der Waals surface area contributed by atoms with Crippen molar-refractivity contribution in [2.45, 2.75) is 11.5 Å². The zero-order valence-corrected chi connectivity index (χ0v) is 21.6. The van der Waals surface area contributed by atoms with E-state index in [0.29, 0.717) is 35.0 Å². The lowest BCUT2D eigenvalue weighted by Crippen LogP contribution is -2.03. The zero-order chi connectivity index (χ0) is 25.1. The standard InChI is InChI=1S/C30H24O4S2/c1-32-22-13-16-24(26(17-22)33-2)30-28(25-5-3-4-6-27(25)36-30)29(31)20-9-11-21(12-10-20)34-18-19-7-14-23(35)15-8-19/h3-17,35H,18H2,1-2H3. The van der Waals surface area contributed by atoms with Gasteiger partial charge in [-0.05, 0) is 60.2 Å². The molecule has 180 valence electrons. The summed E-state index contributed by atoms with van der Waals surface area (Å²) in [5, 5.41) is 0.924. The van der Waals surface area contributed by atoms with Crippen molar-refractivity contribution >= 4 is 39.8 Å². The van der Waals surface area contributed by atoms with Gasteiger partial charge in [-0.1, -0.05) is 30.3 Å². The summed E-state index contributed by atoms with van der Waals surface area (Å²) in [4.78, 5) is 15.6. The lowest BCUT2D eigenvalue weighted by atomic mass is 9.97. The number of ketones is 1. The first-order valence-electron chi connectivity index (χ1n) is 11.4. The summed E-state index contributed by atoms with van der Waals surface area (Å²) >= 11 is 5.89. The van der Waals surface area contributed by atoms with Crippen molar-refractivity contribution in [3.63, 3.8) is 0 Å². The van der Waals surface area contributed by atoms with E-state index in [2.05, 4.69) is 12.6 Å². The number of carbonyl (C=O) groups excluding carboxylic acids is 1. The van der Waals surface area contributed by atoms with Gasteiger partial charge in [-0.25, -0.2) is 0 Å². The molecule has 4 aromatic carbocycles. The van der Waals surface area contributed by atoms with Crippen LogP contribution in [0.5, 0.6) is 17.2 Å². The van der Waals surface area contributed by atoms with Gasteiger partial charge >= 0.3 is 0 Å². The van der Waals surface area contributed by atoms with E-state index in [0.717, 1.165) is 31.0 Å². The maximum absolute atomic E-state index is 13.9. The van der Waals surface area contributed by atoms with Crippen LogP contribution in [0.15, 0.2) is 95.9 Å². The Bertz CT molecular complexity index is 1520. The minimum absolute atomic E-state index is 0.0451. The molecule has 0 spiro atoms. The summed E-state index contributed by atoms with van der Waals surface area (Å²) in [6, 6.07) is 28.8. The van der Waals surface area contributed by atoms with Gasteiger partial charge in [0.25, 0.3) is 0 Å². The molecule has 0 atom stereocenters. The predicted octanol–water partition coefficient (Wildman–Crippen LogP) is 7.68. The smallest absolute Gasteiger partial charge is 0.195 e. The molecule has 5 aromatic rings. The van der Waals surface area contributed by atoms with Crippen LogP contribution in [0.4, 0.5) is 0 Å². The summed E-state index contributed by atoms with van der Waals surface area (Å²) in [5.74, 6) is 2.01. The second kappa shape index (κ2) is 10.5. The van der Waals surface area contributed by atoms with Crippen LogP contribution in [0.25, 0.3) is 20.5 Å². The van der Waals surface area contributed by atoms with Gasteiger partial charge in [-0.3, -0.25) is 4.79 Å². The Hall–Kier alpha value is -3.74. The molecule has 4 nitrogen and oxygen atoms in total. The molecule has 6 heteroatoms. The Morgan fingerprint density at radius 3 is 2.28 bits per heavy atom. The quantitative estimate of drug-likeness (QED) is 0.171. The molecule has 0 N–H and O–H groups in total. The third kappa shape index (κ3) is 4.83. The summed E-state index contributed by atoms with van der Waals surface area (Å²) in [5.41, 5.74) is 3.17. The van der Waals surface area contributed by atoms with E-state index in [9.17, 15) is 4.79 Å². The molecule has 0 aliphatic heterocycles. The fraction of sp³-hybridized carbons (Fsp3) is 0.100. The number of carbonyl (C=O) groups is 1. The lowest BCUT2D eigenvalue weighted by molar-refractivity contribution is 0.104. The highest BCUT2D eigenvalue weighted by molar-refractivity contribution is 7.80. The van der Waals surface area contributed by atoms with E-state index in [1.807, 2.05) is 91.0 Å². The Labute approximate surface area is 219 Å². The molecule has 0 fully saturated rings. The Morgan fingerprint density at radius 1 is 0.833 bits per heavy atom. The normalized spacial score (nSPS) is 10.9. The molecule has 0 saturated heterocycles. The number of thiol groups is 1. The molecule has 1 heterocycles. The number of hydrogen-bond donors (Lipinski definition) is 1. The monoisotopic (exact) mass is 512 g/mol. The average molecular weight is 513 g/mol. The molecule has 0 aliphatic rings. The van der Waals surface area contributed by atoms with Gasteiger partial charge < -0.3 is 14.2 Å². The second-order valence-corrected chi connectivity index (χ2v) is 9.75. The van der Waals surface area contributed by atoms with Crippen LogP contribution >= 0.6 is 24.0 Å². The number of methoxy groups -OCH3 is 2. The third-order valence-corrected chi connectivity index (χ3v) is 7.44. The van der Waals surface area contributed by atoms with Crippen LogP contribution in [0.2, 0.25) is 0 Å². The molecule has 0 amide bonds. The van der Waals surface area contributed by atoms with E-state index < -0.39 is 0 Å². The van der Waals surface area contributed by atoms with Gasteiger partial charge in [0.05, 0.1) is 19.1 Å². The number of fused-ring (bicyclic) bond motifs is 1. The zero-order valence-electron chi connectivity index (χ0n) is 19.9. The van der Waals surface area contributed by atoms with Gasteiger partial charge in [0.2, 0.25) is 0 Å². The molecule has 36 heavy (non-hydrogen) atoms. The number of rotatable bonds is 8. The van der Waals surface area contributed by atoms with Crippen LogP contribution in [0.3, 0.4) is 0 Å². The maximum atomic E-state index is 13.9. The van der Waals surface area contributed by atoms with E-state index >= 15 is 0 Å². The van der Waals surface area contributed by atoms with Crippen molar-refractivity contribution in [2.24, 2.45) is 0 Å². The molecular formula is C30H24O4S2.